The zero-order valence-corrected chi connectivity index (χ0v) is 8.34. The summed E-state index contributed by atoms with van der Waals surface area (Å²) in [4.78, 5) is 10.6. The first-order valence-corrected chi connectivity index (χ1v) is 4.45. The number of benzene rings is 1. The Balaban J connectivity index is 3.12. The average Bonchev–Trinajstić information content (AvgIpc) is 2.15. The minimum Gasteiger partial charge on any atom is -0.478 e. The first-order valence-electron chi connectivity index (χ1n) is 4.45. The van der Waals surface area contributed by atoms with Crippen LogP contribution in [0.2, 0.25) is 0 Å². The van der Waals surface area contributed by atoms with Gasteiger partial charge in [0, 0.05) is 0 Å². The van der Waals surface area contributed by atoms with Crippen molar-refractivity contribution in [3.63, 3.8) is 0 Å². The van der Waals surface area contributed by atoms with Gasteiger partial charge < -0.3 is 9.84 Å². The summed E-state index contributed by atoms with van der Waals surface area (Å²) < 4.78 is 39.8. The van der Waals surface area contributed by atoms with E-state index in [0.29, 0.717) is 12.0 Å². The molecule has 0 aliphatic carbocycles. The van der Waals surface area contributed by atoms with Crippen molar-refractivity contribution in [3.8, 4) is 5.75 Å². The highest BCUT2D eigenvalue weighted by molar-refractivity contribution is 5.88. The molecule has 0 saturated heterocycles. The molecule has 0 atom stereocenters. The number of aromatic carboxylic acids is 1. The molecule has 1 rings (SSSR count). The first-order chi connectivity index (χ1) is 7.33. The van der Waals surface area contributed by atoms with Gasteiger partial charge in [0.2, 0.25) is 0 Å². The van der Waals surface area contributed by atoms with Gasteiger partial charge in [-0.05, 0) is 24.1 Å². The standard InChI is InChI=1S/C10H9F3O3/c1-2-6-3-4-7(9(14)15)5-8(6)16-10(11,12)13/h3-5H,2H2,1H3,(H,14,15). The predicted octanol–water partition coefficient (Wildman–Crippen LogP) is 2.85. The summed E-state index contributed by atoms with van der Waals surface area (Å²) in [7, 11) is 0. The molecule has 0 bridgehead atoms. The molecule has 3 nitrogen and oxygen atoms in total. The Morgan fingerprint density at radius 3 is 2.50 bits per heavy atom. The van der Waals surface area contributed by atoms with Crippen LogP contribution in [0.5, 0.6) is 5.75 Å². The van der Waals surface area contributed by atoms with Gasteiger partial charge in [0.15, 0.2) is 0 Å². The molecule has 0 aliphatic rings. The van der Waals surface area contributed by atoms with Crippen LogP contribution in [0.15, 0.2) is 18.2 Å². The largest absolute Gasteiger partial charge is 0.573 e. The van der Waals surface area contributed by atoms with Crippen molar-refractivity contribution in [1.29, 1.82) is 0 Å². The molecule has 88 valence electrons. The van der Waals surface area contributed by atoms with Crippen LogP contribution in [0, 0.1) is 0 Å². The molecule has 0 aromatic heterocycles. The highest BCUT2D eigenvalue weighted by Crippen LogP contribution is 2.27. The van der Waals surface area contributed by atoms with Crippen LogP contribution in [0.1, 0.15) is 22.8 Å². The Morgan fingerprint density at radius 1 is 1.44 bits per heavy atom. The lowest BCUT2D eigenvalue weighted by molar-refractivity contribution is -0.274. The number of halogens is 3. The summed E-state index contributed by atoms with van der Waals surface area (Å²) in [6.07, 6.45) is -4.49. The smallest absolute Gasteiger partial charge is 0.478 e. The van der Waals surface area contributed by atoms with E-state index in [1.54, 1.807) is 6.92 Å². The van der Waals surface area contributed by atoms with Gasteiger partial charge in [0.25, 0.3) is 0 Å². The molecule has 1 aromatic carbocycles. The third-order valence-electron chi connectivity index (χ3n) is 1.92. The molecule has 0 saturated carbocycles. The molecule has 0 amide bonds. The van der Waals surface area contributed by atoms with Crippen LogP contribution in [-0.2, 0) is 6.42 Å². The Morgan fingerprint density at radius 2 is 2.06 bits per heavy atom. The zero-order valence-electron chi connectivity index (χ0n) is 8.34. The third-order valence-corrected chi connectivity index (χ3v) is 1.92. The maximum Gasteiger partial charge on any atom is 0.573 e. The Bertz CT molecular complexity index is 399. The van der Waals surface area contributed by atoms with Crippen LogP contribution < -0.4 is 4.74 Å². The van der Waals surface area contributed by atoms with Crippen molar-refractivity contribution in [2.45, 2.75) is 19.7 Å². The van der Waals surface area contributed by atoms with Crippen LogP contribution in [0.25, 0.3) is 0 Å². The fourth-order valence-electron chi connectivity index (χ4n) is 1.20. The van der Waals surface area contributed by atoms with Gasteiger partial charge in [0.05, 0.1) is 5.56 Å². The second kappa shape index (κ2) is 4.42. The summed E-state index contributed by atoms with van der Waals surface area (Å²) in [5, 5.41) is 8.63. The number of hydrogen-bond donors (Lipinski definition) is 1. The predicted molar refractivity (Wildman–Crippen MR) is 49.5 cm³/mol. The molecule has 1 aromatic rings. The number of carbonyl (C=O) groups is 1. The molecule has 0 spiro atoms. The quantitative estimate of drug-likeness (QED) is 0.874. The maximum atomic E-state index is 12.0. The summed E-state index contributed by atoms with van der Waals surface area (Å²) >= 11 is 0. The Hall–Kier alpha value is -1.72. The molecular weight excluding hydrogens is 225 g/mol. The van der Waals surface area contributed by atoms with E-state index in [-0.39, 0.29) is 5.56 Å². The van der Waals surface area contributed by atoms with Crippen molar-refractivity contribution in [3.05, 3.63) is 29.3 Å². The van der Waals surface area contributed by atoms with Gasteiger partial charge in [-0.1, -0.05) is 13.0 Å². The number of alkyl halides is 3. The molecule has 0 heterocycles. The summed E-state index contributed by atoms with van der Waals surface area (Å²) in [6.45, 7) is 1.65. The van der Waals surface area contributed by atoms with Crippen LogP contribution in [-0.4, -0.2) is 17.4 Å². The SMILES string of the molecule is CCc1ccc(C(=O)O)cc1OC(F)(F)F. The van der Waals surface area contributed by atoms with Crippen molar-refractivity contribution in [2.75, 3.05) is 0 Å². The van der Waals surface area contributed by atoms with Gasteiger partial charge >= 0.3 is 12.3 Å². The molecule has 1 N–H and O–H groups in total. The van der Waals surface area contributed by atoms with E-state index in [0.717, 1.165) is 6.07 Å². The summed E-state index contributed by atoms with van der Waals surface area (Å²) in [6, 6.07) is 3.42. The Kier molecular flexibility index (Phi) is 3.41. The topological polar surface area (TPSA) is 46.5 Å². The van der Waals surface area contributed by atoms with Gasteiger partial charge in [0.1, 0.15) is 5.75 Å². The van der Waals surface area contributed by atoms with Gasteiger partial charge in [-0.3, -0.25) is 0 Å². The Labute approximate surface area is 89.5 Å². The van der Waals surface area contributed by atoms with Crippen molar-refractivity contribution in [2.24, 2.45) is 0 Å². The summed E-state index contributed by atoms with van der Waals surface area (Å²) in [5.41, 5.74) is 0.0683. The number of carboxylic acids is 1. The van der Waals surface area contributed by atoms with E-state index in [1.807, 2.05) is 0 Å². The normalized spacial score (nSPS) is 11.2. The van der Waals surface area contributed by atoms with Crippen molar-refractivity contribution < 1.29 is 27.8 Å². The highest BCUT2D eigenvalue weighted by atomic mass is 19.4. The fraction of sp³-hybridized carbons (Fsp3) is 0.300. The molecule has 16 heavy (non-hydrogen) atoms. The molecule has 6 heteroatoms. The van der Waals surface area contributed by atoms with Crippen LogP contribution in [0.4, 0.5) is 13.2 Å². The molecule has 0 aliphatic heterocycles. The average molecular weight is 234 g/mol. The number of carboxylic acid groups (broad SMARTS) is 1. The van der Waals surface area contributed by atoms with Crippen molar-refractivity contribution in [1.82, 2.24) is 0 Å². The van der Waals surface area contributed by atoms with Gasteiger partial charge in [-0.25, -0.2) is 4.79 Å². The molecule has 0 unspecified atom stereocenters. The van der Waals surface area contributed by atoms with Crippen LogP contribution in [0.3, 0.4) is 0 Å². The zero-order chi connectivity index (χ0) is 12.3. The van der Waals surface area contributed by atoms with Gasteiger partial charge in [-0.15, -0.1) is 13.2 Å². The number of ether oxygens (including phenoxy) is 1. The number of rotatable bonds is 3. The fourth-order valence-corrected chi connectivity index (χ4v) is 1.20. The van der Waals surface area contributed by atoms with E-state index in [1.165, 1.54) is 12.1 Å². The number of aryl methyl sites for hydroxylation is 1. The second-order valence-corrected chi connectivity index (χ2v) is 3.03. The summed E-state index contributed by atoms with van der Waals surface area (Å²) in [5.74, 6) is -1.76. The first kappa shape index (κ1) is 12.4. The lowest BCUT2D eigenvalue weighted by Crippen LogP contribution is -2.18. The maximum absolute atomic E-state index is 12.0. The molecular formula is C10H9F3O3. The van der Waals surface area contributed by atoms with E-state index in [9.17, 15) is 18.0 Å². The van der Waals surface area contributed by atoms with E-state index in [4.69, 9.17) is 5.11 Å². The lowest BCUT2D eigenvalue weighted by atomic mass is 10.1. The third kappa shape index (κ3) is 3.15. The minimum absolute atomic E-state index is 0.239. The van der Waals surface area contributed by atoms with E-state index in [2.05, 4.69) is 4.74 Å². The monoisotopic (exact) mass is 234 g/mol. The number of hydrogen-bond acceptors (Lipinski definition) is 2. The molecule has 0 fully saturated rings. The highest BCUT2D eigenvalue weighted by Gasteiger charge is 2.32. The lowest BCUT2D eigenvalue weighted by Gasteiger charge is -2.12. The van der Waals surface area contributed by atoms with Gasteiger partial charge in [-0.2, -0.15) is 0 Å². The van der Waals surface area contributed by atoms with E-state index >= 15 is 0 Å². The second-order valence-electron chi connectivity index (χ2n) is 3.03. The van der Waals surface area contributed by atoms with Crippen LogP contribution >= 0.6 is 0 Å². The minimum atomic E-state index is -4.82. The van der Waals surface area contributed by atoms with E-state index < -0.39 is 18.1 Å². The van der Waals surface area contributed by atoms with Crippen molar-refractivity contribution >= 4 is 5.97 Å². The molecule has 0 radical (unpaired) electrons.